The summed E-state index contributed by atoms with van der Waals surface area (Å²) in [5.74, 6) is 0.0631. The number of nitrogens with zero attached hydrogens (tertiary/aromatic N) is 2. The SMILES string of the molecule is Cc1cc(F)cc(-c2nc(Cl)c3ccc(Cl)c(C)c3n2)c1. The molecule has 0 aliphatic heterocycles. The average Bonchev–Trinajstić information content (AvgIpc) is 2.42. The lowest BCUT2D eigenvalue weighted by molar-refractivity contribution is 0.627. The maximum Gasteiger partial charge on any atom is 0.161 e. The van der Waals surface area contributed by atoms with Crippen LogP contribution in [0.15, 0.2) is 30.3 Å². The molecule has 1 aromatic heterocycles. The Morgan fingerprint density at radius 1 is 1.00 bits per heavy atom. The zero-order valence-corrected chi connectivity index (χ0v) is 12.9. The smallest absolute Gasteiger partial charge is 0.161 e. The first-order valence-electron chi connectivity index (χ1n) is 6.35. The summed E-state index contributed by atoms with van der Waals surface area (Å²) in [6.07, 6.45) is 0. The molecule has 0 aliphatic rings. The molecular formula is C16H11Cl2FN2. The van der Waals surface area contributed by atoms with Gasteiger partial charge in [-0.25, -0.2) is 14.4 Å². The lowest BCUT2D eigenvalue weighted by Crippen LogP contribution is -1.95. The first-order chi connectivity index (χ1) is 9.95. The fraction of sp³-hybridized carbons (Fsp3) is 0.125. The van der Waals surface area contributed by atoms with Gasteiger partial charge < -0.3 is 0 Å². The molecule has 0 spiro atoms. The summed E-state index contributed by atoms with van der Waals surface area (Å²) in [7, 11) is 0. The summed E-state index contributed by atoms with van der Waals surface area (Å²) in [6.45, 7) is 3.69. The Labute approximate surface area is 131 Å². The largest absolute Gasteiger partial charge is 0.228 e. The van der Waals surface area contributed by atoms with Gasteiger partial charge in [-0.2, -0.15) is 0 Å². The van der Waals surface area contributed by atoms with E-state index in [4.69, 9.17) is 23.2 Å². The zero-order chi connectivity index (χ0) is 15.1. The van der Waals surface area contributed by atoms with Crippen LogP contribution in [0.2, 0.25) is 10.2 Å². The van der Waals surface area contributed by atoms with Crippen molar-refractivity contribution in [3.05, 3.63) is 57.5 Å². The number of aromatic nitrogens is 2. The molecule has 0 bridgehead atoms. The maximum atomic E-state index is 13.6. The van der Waals surface area contributed by atoms with Crippen LogP contribution in [-0.2, 0) is 0 Å². The van der Waals surface area contributed by atoms with E-state index in [0.717, 1.165) is 16.5 Å². The Bertz CT molecular complexity index is 842. The van der Waals surface area contributed by atoms with Crippen molar-refractivity contribution in [3.8, 4) is 11.4 Å². The molecule has 0 saturated heterocycles. The Hall–Kier alpha value is -1.71. The number of hydrogen-bond acceptors (Lipinski definition) is 2. The number of benzene rings is 2. The highest BCUT2D eigenvalue weighted by atomic mass is 35.5. The fourth-order valence-electron chi connectivity index (χ4n) is 2.26. The van der Waals surface area contributed by atoms with Gasteiger partial charge in [0.05, 0.1) is 5.52 Å². The van der Waals surface area contributed by atoms with Crippen LogP contribution in [0.5, 0.6) is 0 Å². The highest BCUT2D eigenvalue weighted by Gasteiger charge is 2.12. The van der Waals surface area contributed by atoms with Crippen molar-refractivity contribution in [1.82, 2.24) is 9.97 Å². The molecule has 0 N–H and O–H groups in total. The molecule has 5 heteroatoms. The zero-order valence-electron chi connectivity index (χ0n) is 11.4. The van der Waals surface area contributed by atoms with Crippen LogP contribution in [-0.4, -0.2) is 9.97 Å². The molecule has 21 heavy (non-hydrogen) atoms. The van der Waals surface area contributed by atoms with Crippen LogP contribution < -0.4 is 0 Å². The van der Waals surface area contributed by atoms with Gasteiger partial charge in [0.1, 0.15) is 11.0 Å². The molecule has 0 saturated carbocycles. The first-order valence-corrected chi connectivity index (χ1v) is 7.11. The highest BCUT2D eigenvalue weighted by molar-refractivity contribution is 6.35. The topological polar surface area (TPSA) is 25.8 Å². The molecule has 0 aliphatic carbocycles. The number of halogens is 3. The minimum Gasteiger partial charge on any atom is -0.228 e. The summed E-state index contributed by atoms with van der Waals surface area (Å²) < 4.78 is 13.6. The second kappa shape index (κ2) is 5.24. The number of aryl methyl sites for hydroxylation is 2. The van der Waals surface area contributed by atoms with Crippen molar-refractivity contribution in [1.29, 1.82) is 0 Å². The van der Waals surface area contributed by atoms with Crippen molar-refractivity contribution in [2.45, 2.75) is 13.8 Å². The first kappa shape index (κ1) is 14.2. The quantitative estimate of drug-likeness (QED) is 0.564. The minimum absolute atomic E-state index is 0.326. The normalized spacial score (nSPS) is 11.1. The third-order valence-electron chi connectivity index (χ3n) is 3.31. The third-order valence-corrected chi connectivity index (χ3v) is 4.01. The van der Waals surface area contributed by atoms with E-state index in [9.17, 15) is 4.39 Å². The summed E-state index contributed by atoms with van der Waals surface area (Å²) >= 11 is 12.4. The molecule has 2 aromatic carbocycles. The predicted octanol–water partition coefficient (Wildman–Crippen LogP) is 5.36. The second-order valence-corrected chi connectivity index (χ2v) is 5.69. The number of fused-ring (bicyclic) bond motifs is 1. The molecule has 1 heterocycles. The predicted molar refractivity (Wildman–Crippen MR) is 84.4 cm³/mol. The van der Waals surface area contributed by atoms with Crippen molar-refractivity contribution in [2.24, 2.45) is 0 Å². The van der Waals surface area contributed by atoms with E-state index in [1.54, 1.807) is 12.1 Å². The van der Waals surface area contributed by atoms with Gasteiger partial charge in [-0.15, -0.1) is 0 Å². The average molecular weight is 321 g/mol. The van der Waals surface area contributed by atoms with E-state index in [1.165, 1.54) is 12.1 Å². The van der Waals surface area contributed by atoms with E-state index in [0.29, 0.717) is 27.1 Å². The van der Waals surface area contributed by atoms with Crippen molar-refractivity contribution < 1.29 is 4.39 Å². The Morgan fingerprint density at radius 3 is 2.48 bits per heavy atom. The van der Waals surface area contributed by atoms with Gasteiger partial charge in [-0.1, -0.05) is 23.2 Å². The molecular weight excluding hydrogens is 310 g/mol. The van der Waals surface area contributed by atoms with E-state index < -0.39 is 0 Å². The molecule has 2 nitrogen and oxygen atoms in total. The third kappa shape index (κ3) is 2.59. The van der Waals surface area contributed by atoms with Gasteiger partial charge in [-0.05, 0) is 55.3 Å². The number of hydrogen-bond donors (Lipinski definition) is 0. The van der Waals surface area contributed by atoms with Gasteiger partial charge in [0.2, 0.25) is 0 Å². The molecule has 0 fully saturated rings. The van der Waals surface area contributed by atoms with E-state index in [1.807, 2.05) is 19.9 Å². The molecule has 106 valence electrons. The van der Waals surface area contributed by atoms with E-state index in [2.05, 4.69) is 9.97 Å². The van der Waals surface area contributed by atoms with Crippen LogP contribution in [0.25, 0.3) is 22.3 Å². The molecule has 0 atom stereocenters. The monoisotopic (exact) mass is 320 g/mol. The lowest BCUT2D eigenvalue weighted by atomic mass is 10.1. The molecule has 0 radical (unpaired) electrons. The fourth-order valence-corrected chi connectivity index (χ4v) is 2.65. The Kier molecular flexibility index (Phi) is 3.56. The van der Waals surface area contributed by atoms with Gasteiger partial charge in [-0.3, -0.25) is 0 Å². The highest BCUT2D eigenvalue weighted by Crippen LogP contribution is 2.30. The van der Waals surface area contributed by atoms with Gasteiger partial charge in [0.15, 0.2) is 5.82 Å². The Morgan fingerprint density at radius 2 is 1.76 bits per heavy atom. The van der Waals surface area contributed by atoms with Gasteiger partial charge in [0, 0.05) is 16.0 Å². The van der Waals surface area contributed by atoms with Crippen molar-refractivity contribution >= 4 is 34.1 Å². The van der Waals surface area contributed by atoms with Crippen LogP contribution in [0, 0.1) is 19.7 Å². The summed E-state index contributed by atoms with van der Waals surface area (Å²) in [4.78, 5) is 8.77. The Balaban J connectivity index is 2.31. The molecule has 0 amide bonds. The maximum absolute atomic E-state index is 13.6. The standard InChI is InChI=1S/C16H11Cl2FN2/c1-8-5-10(7-11(19)6-8)16-20-14-9(2)13(17)4-3-12(14)15(18)21-16/h3-7H,1-2H3. The van der Waals surface area contributed by atoms with Gasteiger partial charge in [0.25, 0.3) is 0 Å². The second-order valence-electron chi connectivity index (χ2n) is 4.92. The van der Waals surface area contributed by atoms with Crippen LogP contribution >= 0.6 is 23.2 Å². The van der Waals surface area contributed by atoms with Crippen molar-refractivity contribution in [3.63, 3.8) is 0 Å². The van der Waals surface area contributed by atoms with E-state index >= 15 is 0 Å². The summed E-state index contributed by atoms with van der Waals surface area (Å²) in [5.41, 5.74) is 2.90. The molecule has 0 unspecified atom stereocenters. The molecule has 3 rings (SSSR count). The van der Waals surface area contributed by atoms with Crippen LogP contribution in [0.1, 0.15) is 11.1 Å². The lowest BCUT2D eigenvalue weighted by Gasteiger charge is -2.08. The summed E-state index contributed by atoms with van der Waals surface area (Å²) in [5, 5.41) is 1.67. The number of rotatable bonds is 1. The molecule has 3 aromatic rings. The van der Waals surface area contributed by atoms with Crippen LogP contribution in [0.4, 0.5) is 4.39 Å². The van der Waals surface area contributed by atoms with E-state index in [-0.39, 0.29) is 5.82 Å². The van der Waals surface area contributed by atoms with Gasteiger partial charge >= 0.3 is 0 Å². The summed E-state index contributed by atoms with van der Waals surface area (Å²) in [6, 6.07) is 8.22. The van der Waals surface area contributed by atoms with Crippen molar-refractivity contribution in [2.75, 3.05) is 0 Å². The minimum atomic E-state index is -0.326. The van der Waals surface area contributed by atoms with Crippen LogP contribution in [0.3, 0.4) is 0 Å².